The van der Waals surface area contributed by atoms with Crippen LogP contribution < -0.4 is 4.72 Å². The zero-order chi connectivity index (χ0) is 15.5. The summed E-state index contributed by atoms with van der Waals surface area (Å²) in [5.74, 6) is 0.564. The molecule has 6 heteroatoms. The van der Waals surface area contributed by atoms with E-state index >= 15 is 0 Å². The van der Waals surface area contributed by atoms with Crippen molar-refractivity contribution in [1.82, 2.24) is 9.97 Å². The van der Waals surface area contributed by atoms with Crippen LogP contribution in [0.1, 0.15) is 17.3 Å². The Morgan fingerprint density at radius 2 is 1.68 bits per heavy atom. The van der Waals surface area contributed by atoms with E-state index < -0.39 is 0 Å². The number of fused-ring (bicyclic) bond motifs is 1. The number of halogens is 1. The Balaban J connectivity index is 1.78. The Hall–Kier alpha value is -2.11. The fourth-order valence-corrected chi connectivity index (χ4v) is 2.77. The quantitative estimate of drug-likeness (QED) is 0.559. The maximum absolute atomic E-state index is 11.2. The Labute approximate surface area is 137 Å². The average molecular weight is 330 g/mol. The monoisotopic (exact) mass is 329 g/mol. The molecule has 1 N–H and O–H groups in total. The minimum Gasteiger partial charge on any atom is -0.308 e. The maximum atomic E-state index is 11.2. The standard InChI is InChI=1S/C16H12ClN3OS/c1-10(21)11-6-8-12(9-7-11)22-20-16-15(17)18-13-4-2-3-5-14(13)19-16/h2-9H,1H3,(H,19,20). The van der Waals surface area contributed by atoms with E-state index in [9.17, 15) is 4.79 Å². The summed E-state index contributed by atoms with van der Waals surface area (Å²) in [4.78, 5) is 21.0. The highest BCUT2D eigenvalue weighted by Gasteiger charge is 2.07. The van der Waals surface area contributed by atoms with Crippen LogP contribution in [-0.4, -0.2) is 15.8 Å². The Bertz CT molecular complexity index is 836. The normalized spacial score (nSPS) is 10.6. The van der Waals surface area contributed by atoms with Gasteiger partial charge in [0.25, 0.3) is 0 Å². The number of para-hydroxylation sites is 2. The van der Waals surface area contributed by atoms with Crippen LogP contribution in [0.15, 0.2) is 53.4 Å². The summed E-state index contributed by atoms with van der Waals surface area (Å²) in [5.41, 5.74) is 2.23. The molecule has 110 valence electrons. The number of carbonyl (C=O) groups is 1. The van der Waals surface area contributed by atoms with Crippen LogP contribution in [0.2, 0.25) is 5.15 Å². The topological polar surface area (TPSA) is 54.9 Å². The molecule has 1 heterocycles. The Morgan fingerprint density at radius 3 is 2.32 bits per heavy atom. The number of Topliss-reactive ketones (excluding diaryl/α,β-unsaturated/α-hetero) is 1. The first kappa shape index (κ1) is 14.8. The average Bonchev–Trinajstić information content (AvgIpc) is 2.53. The third-order valence-corrected chi connectivity index (χ3v) is 4.12. The lowest BCUT2D eigenvalue weighted by Gasteiger charge is -2.07. The molecule has 0 radical (unpaired) electrons. The predicted molar refractivity (Wildman–Crippen MR) is 90.5 cm³/mol. The number of aromatic nitrogens is 2. The van der Waals surface area contributed by atoms with Gasteiger partial charge in [0, 0.05) is 10.5 Å². The first-order chi connectivity index (χ1) is 10.6. The van der Waals surface area contributed by atoms with Crippen molar-refractivity contribution in [2.24, 2.45) is 0 Å². The van der Waals surface area contributed by atoms with Crippen molar-refractivity contribution in [2.45, 2.75) is 11.8 Å². The highest BCUT2D eigenvalue weighted by Crippen LogP contribution is 2.26. The molecule has 0 aliphatic carbocycles. The fourth-order valence-electron chi connectivity index (χ4n) is 1.91. The first-order valence-corrected chi connectivity index (χ1v) is 7.79. The van der Waals surface area contributed by atoms with Gasteiger partial charge in [-0.25, -0.2) is 9.97 Å². The van der Waals surface area contributed by atoms with E-state index in [-0.39, 0.29) is 5.78 Å². The number of hydrogen-bond acceptors (Lipinski definition) is 5. The molecule has 0 aliphatic rings. The van der Waals surface area contributed by atoms with Gasteiger partial charge < -0.3 is 4.72 Å². The molecule has 1 aromatic heterocycles. The van der Waals surface area contributed by atoms with E-state index in [1.54, 1.807) is 19.1 Å². The van der Waals surface area contributed by atoms with Crippen molar-refractivity contribution in [2.75, 3.05) is 4.72 Å². The van der Waals surface area contributed by atoms with Crippen molar-refractivity contribution < 1.29 is 4.79 Å². The lowest BCUT2D eigenvalue weighted by molar-refractivity contribution is 0.101. The number of ketones is 1. The van der Waals surface area contributed by atoms with E-state index in [0.29, 0.717) is 16.5 Å². The van der Waals surface area contributed by atoms with Crippen molar-refractivity contribution >= 4 is 46.2 Å². The number of anilines is 1. The molecule has 0 atom stereocenters. The SMILES string of the molecule is CC(=O)c1ccc(SNc2nc3ccccc3nc2Cl)cc1. The molecule has 0 saturated carbocycles. The second-order valence-electron chi connectivity index (χ2n) is 4.64. The molecular formula is C16H12ClN3OS. The molecule has 0 fully saturated rings. The van der Waals surface area contributed by atoms with Crippen LogP contribution in [0, 0.1) is 0 Å². The Kier molecular flexibility index (Phi) is 4.27. The lowest BCUT2D eigenvalue weighted by atomic mass is 10.2. The number of rotatable bonds is 4. The van der Waals surface area contributed by atoms with Gasteiger partial charge in [0.1, 0.15) is 0 Å². The van der Waals surface area contributed by atoms with Crippen LogP contribution in [0.4, 0.5) is 5.82 Å². The van der Waals surface area contributed by atoms with E-state index in [2.05, 4.69) is 14.7 Å². The number of nitrogens with zero attached hydrogens (tertiary/aromatic N) is 2. The zero-order valence-corrected chi connectivity index (χ0v) is 13.3. The van der Waals surface area contributed by atoms with Gasteiger partial charge >= 0.3 is 0 Å². The lowest BCUT2D eigenvalue weighted by Crippen LogP contribution is -1.96. The Morgan fingerprint density at radius 1 is 1.05 bits per heavy atom. The van der Waals surface area contributed by atoms with Crippen molar-refractivity contribution in [3.63, 3.8) is 0 Å². The smallest absolute Gasteiger partial charge is 0.174 e. The number of hydrogen-bond donors (Lipinski definition) is 1. The van der Waals surface area contributed by atoms with Gasteiger partial charge in [0.15, 0.2) is 16.8 Å². The summed E-state index contributed by atoms with van der Waals surface area (Å²) >= 11 is 7.51. The molecule has 3 rings (SSSR count). The molecule has 0 saturated heterocycles. The molecule has 0 unspecified atom stereocenters. The summed E-state index contributed by atoms with van der Waals surface area (Å²) in [7, 11) is 0. The molecule has 22 heavy (non-hydrogen) atoms. The summed E-state index contributed by atoms with van der Waals surface area (Å²) in [6.45, 7) is 1.55. The third kappa shape index (κ3) is 3.21. The second kappa shape index (κ2) is 6.34. The second-order valence-corrected chi connectivity index (χ2v) is 5.87. The highest BCUT2D eigenvalue weighted by atomic mass is 35.5. The summed E-state index contributed by atoms with van der Waals surface area (Å²) < 4.78 is 3.10. The zero-order valence-electron chi connectivity index (χ0n) is 11.7. The largest absolute Gasteiger partial charge is 0.308 e. The van der Waals surface area contributed by atoms with Crippen molar-refractivity contribution in [1.29, 1.82) is 0 Å². The van der Waals surface area contributed by atoms with Gasteiger partial charge in [0.2, 0.25) is 0 Å². The van der Waals surface area contributed by atoms with Crippen LogP contribution in [0.3, 0.4) is 0 Å². The summed E-state index contributed by atoms with van der Waals surface area (Å²) in [6, 6.07) is 14.9. The first-order valence-electron chi connectivity index (χ1n) is 6.59. The van der Waals surface area contributed by atoms with Gasteiger partial charge in [-0.05, 0) is 43.1 Å². The van der Waals surface area contributed by atoms with E-state index in [4.69, 9.17) is 11.6 Å². The van der Waals surface area contributed by atoms with Gasteiger partial charge in [-0.1, -0.05) is 35.9 Å². The van der Waals surface area contributed by atoms with E-state index in [0.717, 1.165) is 15.9 Å². The van der Waals surface area contributed by atoms with Crippen LogP contribution in [0.5, 0.6) is 0 Å². The van der Waals surface area contributed by atoms with Crippen LogP contribution in [0.25, 0.3) is 11.0 Å². The fraction of sp³-hybridized carbons (Fsp3) is 0.0625. The molecule has 0 bridgehead atoms. The van der Waals surface area contributed by atoms with E-state index in [1.165, 1.54) is 11.9 Å². The van der Waals surface area contributed by atoms with Crippen molar-refractivity contribution in [3.05, 3.63) is 59.2 Å². The van der Waals surface area contributed by atoms with Gasteiger partial charge in [-0.2, -0.15) is 0 Å². The third-order valence-electron chi connectivity index (χ3n) is 3.05. The molecule has 3 aromatic rings. The molecule has 4 nitrogen and oxygen atoms in total. The number of nitrogens with one attached hydrogen (secondary N) is 1. The number of benzene rings is 2. The predicted octanol–water partition coefficient (Wildman–Crippen LogP) is 4.61. The molecule has 0 amide bonds. The van der Waals surface area contributed by atoms with Gasteiger partial charge in [-0.15, -0.1) is 0 Å². The molecule has 0 spiro atoms. The minimum absolute atomic E-state index is 0.0490. The van der Waals surface area contributed by atoms with Gasteiger partial charge in [0.05, 0.1) is 11.0 Å². The molecule has 0 aliphatic heterocycles. The maximum Gasteiger partial charge on any atom is 0.174 e. The minimum atomic E-state index is 0.0490. The number of carbonyl (C=O) groups excluding carboxylic acids is 1. The summed E-state index contributed by atoms with van der Waals surface area (Å²) in [6.07, 6.45) is 0. The molecule has 2 aromatic carbocycles. The van der Waals surface area contributed by atoms with E-state index in [1.807, 2.05) is 36.4 Å². The van der Waals surface area contributed by atoms with Gasteiger partial charge in [-0.3, -0.25) is 4.79 Å². The highest BCUT2D eigenvalue weighted by molar-refractivity contribution is 8.00. The summed E-state index contributed by atoms with van der Waals surface area (Å²) in [5, 5.41) is 0.326. The van der Waals surface area contributed by atoms with Crippen LogP contribution in [-0.2, 0) is 0 Å². The van der Waals surface area contributed by atoms with Crippen LogP contribution >= 0.6 is 23.5 Å². The molecular weight excluding hydrogens is 318 g/mol. The van der Waals surface area contributed by atoms with Crippen molar-refractivity contribution in [3.8, 4) is 0 Å².